The van der Waals surface area contributed by atoms with Crippen molar-refractivity contribution in [2.45, 2.75) is 26.4 Å². The van der Waals surface area contributed by atoms with Crippen LogP contribution in [0.1, 0.15) is 18.2 Å². The number of esters is 1. The molecule has 1 atom stereocenters. The van der Waals surface area contributed by atoms with Gasteiger partial charge in [0.05, 0.1) is 17.0 Å². The third-order valence-corrected chi connectivity index (χ3v) is 5.64. The molecule has 1 N–H and O–H groups in total. The summed E-state index contributed by atoms with van der Waals surface area (Å²) >= 11 is 1.54. The van der Waals surface area contributed by atoms with Gasteiger partial charge >= 0.3 is 5.97 Å². The molecule has 0 saturated heterocycles. The van der Waals surface area contributed by atoms with Crippen molar-refractivity contribution in [3.05, 3.63) is 78.5 Å². The van der Waals surface area contributed by atoms with Gasteiger partial charge in [0.15, 0.2) is 6.10 Å². The van der Waals surface area contributed by atoms with Crippen LogP contribution < -0.4 is 5.32 Å². The Labute approximate surface area is 180 Å². The van der Waals surface area contributed by atoms with Crippen LogP contribution in [-0.2, 0) is 20.7 Å². The molecular formula is C24H24N2O3S. The lowest BCUT2D eigenvalue weighted by atomic mass is 10.1. The Morgan fingerprint density at radius 2 is 1.83 bits per heavy atom. The average molecular weight is 421 g/mol. The Morgan fingerprint density at radius 1 is 1.13 bits per heavy atom. The van der Waals surface area contributed by atoms with Crippen LogP contribution in [0.5, 0.6) is 0 Å². The number of amides is 1. The van der Waals surface area contributed by atoms with Crippen LogP contribution in [0.4, 0.5) is 0 Å². The Balaban J connectivity index is 1.84. The molecule has 0 spiro atoms. The van der Waals surface area contributed by atoms with E-state index in [-0.39, 0.29) is 12.3 Å². The van der Waals surface area contributed by atoms with E-state index in [4.69, 9.17) is 9.72 Å². The van der Waals surface area contributed by atoms with Crippen molar-refractivity contribution in [3.8, 4) is 21.0 Å². The van der Waals surface area contributed by atoms with Crippen molar-refractivity contribution in [2.75, 3.05) is 6.54 Å². The van der Waals surface area contributed by atoms with Crippen molar-refractivity contribution in [1.82, 2.24) is 10.3 Å². The van der Waals surface area contributed by atoms with Gasteiger partial charge in [-0.1, -0.05) is 66.2 Å². The number of benzene rings is 2. The minimum absolute atomic E-state index is 0.00831. The van der Waals surface area contributed by atoms with Gasteiger partial charge in [0.25, 0.3) is 5.91 Å². The fraction of sp³-hybridized carbons (Fsp3) is 0.208. The van der Waals surface area contributed by atoms with Crippen LogP contribution in [0.25, 0.3) is 21.0 Å². The van der Waals surface area contributed by atoms with Crippen molar-refractivity contribution in [1.29, 1.82) is 0 Å². The third kappa shape index (κ3) is 5.42. The van der Waals surface area contributed by atoms with Gasteiger partial charge in [-0.3, -0.25) is 9.59 Å². The highest BCUT2D eigenvalue weighted by Gasteiger charge is 2.21. The van der Waals surface area contributed by atoms with Gasteiger partial charge in [-0.05, 0) is 19.4 Å². The molecule has 3 aromatic rings. The zero-order valence-electron chi connectivity index (χ0n) is 17.1. The molecule has 0 radical (unpaired) electrons. The van der Waals surface area contributed by atoms with Gasteiger partial charge in [0.2, 0.25) is 0 Å². The summed E-state index contributed by atoms with van der Waals surface area (Å²) in [4.78, 5) is 30.1. The van der Waals surface area contributed by atoms with Crippen molar-refractivity contribution in [3.63, 3.8) is 0 Å². The molecule has 0 unspecified atom stereocenters. The largest absolute Gasteiger partial charge is 0.452 e. The van der Waals surface area contributed by atoms with E-state index in [0.29, 0.717) is 12.2 Å². The van der Waals surface area contributed by atoms with Gasteiger partial charge in [0, 0.05) is 12.1 Å². The number of nitrogens with zero attached hydrogens (tertiary/aromatic N) is 1. The summed E-state index contributed by atoms with van der Waals surface area (Å²) in [7, 11) is 0. The number of ether oxygens (including phenoxy) is 1. The second-order valence-corrected chi connectivity index (χ2v) is 7.87. The van der Waals surface area contributed by atoms with Crippen molar-refractivity contribution >= 4 is 23.2 Å². The maximum Gasteiger partial charge on any atom is 0.312 e. The molecule has 0 bridgehead atoms. The standard InChI is InChI=1S/C24H24N2O3S/c1-4-14-25-23(28)17(3)29-21(27)15-20-22(18-12-10-16(2)11-13-18)30-24(26-20)19-8-6-5-7-9-19/h4-13,17H,1,14-15H2,2-3H3,(H,25,28)/t17-/m1/s1. The first-order valence-corrected chi connectivity index (χ1v) is 10.5. The SMILES string of the molecule is C=CCNC(=O)[C@@H](C)OC(=O)Cc1nc(-c2ccccc2)sc1-c1ccc(C)cc1. The van der Waals surface area contributed by atoms with Crippen LogP contribution in [0, 0.1) is 6.92 Å². The van der Waals surface area contributed by atoms with Gasteiger partial charge in [0.1, 0.15) is 5.01 Å². The van der Waals surface area contributed by atoms with E-state index in [0.717, 1.165) is 26.6 Å². The summed E-state index contributed by atoms with van der Waals surface area (Å²) in [6, 6.07) is 18.0. The van der Waals surface area contributed by atoms with Crippen molar-refractivity contribution in [2.24, 2.45) is 0 Å². The summed E-state index contributed by atoms with van der Waals surface area (Å²) < 4.78 is 5.32. The molecule has 0 aliphatic carbocycles. The molecule has 154 valence electrons. The second-order valence-electron chi connectivity index (χ2n) is 6.87. The molecule has 3 rings (SSSR count). The molecule has 30 heavy (non-hydrogen) atoms. The topological polar surface area (TPSA) is 68.3 Å². The molecule has 0 aliphatic heterocycles. The molecule has 1 heterocycles. The Hall–Kier alpha value is -3.25. The molecule has 2 aromatic carbocycles. The van der Waals surface area contributed by atoms with E-state index in [1.807, 2.05) is 61.5 Å². The van der Waals surface area contributed by atoms with Crippen LogP contribution in [0.15, 0.2) is 67.3 Å². The quantitative estimate of drug-likeness (QED) is 0.428. The monoisotopic (exact) mass is 420 g/mol. The summed E-state index contributed by atoms with van der Waals surface area (Å²) in [5, 5.41) is 3.46. The summed E-state index contributed by atoms with van der Waals surface area (Å²) in [6.45, 7) is 7.45. The molecule has 1 amide bonds. The lowest BCUT2D eigenvalue weighted by molar-refractivity contribution is -0.154. The maximum atomic E-state index is 12.5. The number of aromatic nitrogens is 1. The smallest absolute Gasteiger partial charge is 0.312 e. The van der Waals surface area contributed by atoms with E-state index in [2.05, 4.69) is 11.9 Å². The molecular weight excluding hydrogens is 396 g/mol. The molecule has 5 nitrogen and oxygen atoms in total. The zero-order chi connectivity index (χ0) is 21.5. The van der Waals surface area contributed by atoms with Crippen LogP contribution in [-0.4, -0.2) is 29.5 Å². The number of aryl methyl sites for hydroxylation is 1. The number of nitrogens with one attached hydrogen (secondary N) is 1. The Kier molecular flexibility index (Phi) is 7.14. The number of hydrogen-bond acceptors (Lipinski definition) is 5. The number of rotatable bonds is 8. The first kappa shape index (κ1) is 21.5. The predicted molar refractivity (Wildman–Crippen MR) is 120 cm³/mol. The molecule has 1 aromatic heterocycles. The fourth-order valence-electron chi connectivity index (χ4n) is 2.85. The van der Waals surface area contributed by atoms with E-state index in [1.165, 1.54) is 0 Å². The lowest BCUT2D eigenvalue weighted by Gasteiger charge is -2.12. The average Bonchev–Trinajstić information content (AvgIpc) is 3.16. The fourth-order valence-corrected chi connectivity index (χ4v) is 3.94. The normalized spacial score (nSPS) is 11.5. The van der Waals surface area contributed by atoms with Crippen molar-refractivity contribution < 1.29 is 14.3 Å². The van der Waals surface area contributed by atoms with Crippen LogP contribution in [0.2, 0.25) is 0 Å². The van der Waals surface area contributed by atoms with E-state index in [9.17, 15) is 9.59 Å². The first-order valence-electron chi connectivity index (χ1n) is 9.68. The van der Waals surface area contributed by atoms with Gasteiger partial charge in [-0.25, -0.2) is 4.98 Å². The van der Waals surface area contributed by atoms with Gasteiger partial charge < -0.3 is 10.1 Å². The van der Waals surface area contributed by atoms with Gasteiger partial charge in [-0.15, -0.1) is 17.9 Å². The van der Waals surface area contributed by atoms with E-state index < -0.39 is 12.1 Å². The first-order chi connectivity index (χ1) is 14.5. The maximum absolute atomic E-state index is 12.5. The van der Waals surface area contributed by atoms with Crippen LogP contribution in [0.3, 0.4) is 0 Å². The minimum Gasteiger partial charge on any atom is -0.452 e. The van der Waals surface area contributed by atoms with E-state index >= 15 is 0 Å². The number of hydrogen-bond donors (Lipinski definition) is 1. The highest BCUT2D eigenvalue weighted by atomic mass is 32.1. The molecule has 6 heteroatoms. The molecule has 0 aliphatic rings. The highest BCUT2D eigenvalue weighted by Crippen LogP contribution is 2.36. The number of carbonyl (C=O) groups is 2. The van der Waals surface area contributed by atoms with E-state index in [1.54, 1.807) is 24.3 Å². The third-order valence-electron chi connectivity index (χ3n) is 4.44. The second kappa shape index (κ2) is 9.98. The highest BCUT2D eigenvalue weighted by molar-refractivity contribution is 7.18. The summed E-state index contributed by atoms with van der Waals surface area (Å²) in [5.74, 6) is -0.847. The van der Waals surface area contributed by atoms with Crippen LogP contribution >= 0.6 is 11.3 Å². The summed E-state index contributed by atoms with van der Waals surface area (Å²) in [5.41, 5.74) is 3.80. The predicted octanol–water partition coefficient (Wildman–Crippen LogP) is 4.56. The number of thiazole rings is 1. The molecule has 0 saturated carbocycles. The van der Waals surface area contributed by atoms with Gasteiger partial charge in [-0.2, -0.15) is 0 Å². The lowest BCUT2D eigenvalue weighted by Crippen LogP contribution is -2.36. The summed E-state index contributed by atoms with van der Waals surface area (Å²) in [6.07, 6.45) is 0.680. The number of carbonyl (C=O) groups excluding carboxylic acids is 2. The zero-order valence-corrected chi connectivity index (χ0v) is 17.9. The minimum atomic E-state index is -0.882. The Bertz CT molecular complexity index is 1030. The Morgan fingerprint density at radius 3 is 2.50 bits per heavy atom. The molecule has 0 fully saturated rings.